The summed E-state index contributed by atoms with van der Waals surface area (Å²) in [5, 5.41) is 14.5. The van der Waals surface area contributed by atoms with Crippen LogP contribution in [0, 0.1) is 18.7 Å². The molecular weight excluding hydrogens is 299 g/mol. The van der Waals surface area contributed by atoms with Crippen molar-refractivity contribution >= 4 is 17.5 Å². The molecule has 0 saturated heterocycles. The fraction of sp³-hybridized carbons (Fsp3) is 0.529. The van der Waals surface area contributed by atoms with E-state index in [1.54, 1.807) is 13.0 Å². The lowest BCUT2D eigenvalue weighted by Gasteiger charge is -2.24. The molecule has 1 aliphatic carbocycles. The van der Waals surface area contributed by atoms with Crippen molar-refractivity contribution < 1.29 is 19.1 Å². The molecular formula is C17H23FN2O3. The van der Waals surface area contributed by atoms with Crippen LogP contribution in [0.4, 0.5) is 10.1 Å². The summed E-state index contributed by atoms with van der Waals surface area (Å²) in [5.41, 5.74) is 0.713. The van der Waals surface area contributed by atoms with Gasteiger partial charge in [0.2, 0.25) is 0 Å². The summed E-state index contributed by atoms with van der Waals surface area (Å²) < 4.78 is 13.5. The van der Waals surface area contributed by atoms with Gasteiger partial charge in [-0.05, 0) is 37.5 Å². The molecule has 126 valence electrons. The molecule has 2 amide bonds. The fourth-order valence-corrected chi connectivity index (χ4v) is 2.89. The topological polar surface area (TPSA) is 78.4 Å². The second kappa shape index (κ2) is 8.06. The van der Waals surface area contributed by atoms with Gasteiger partial charge in [0.15, 0.2) is 0 Å². The Bertz CT molecular complexity index is 577. The minimum Gasteiger partial charge on any atom is -0.396 e. The average Bonchev–Trinajstić information content (AvgIpc) is 2.75. The van der Waals surface area contributed by atoms with E-state index in [0.29, 0.717) is 5.56 Å². The van der Waals surface area contributed by atoms with Gasteiger partial charge in [-0.3, -0.25) is 9.59 Å². The lowest BCUT2D eigenvalue weighted by Crippen LogP contribution is -2.45. The number of carbonyl (C=O) groups is 2. The van der Waals surface area contributed by atoms with Crippen LogP contribution in [0.3, 0.4) is 0 Å². The lowest BCUT2D eigenvalue weighted by atomic mass is 9.95. The maximum absolute atomic E-state index is 13.5. The van der Waals surface area contributed by atoms with Crippen LogP contribution in [0.5, 0.6) is 0 Å². The van der Waals surface area contributed by atoms with Crippen LogP contribution < -0.4 is 10.6 Å². The molecule has 0 aromatic heterocycles. The zero-order chi connectivity index (χ0) is 16.8. The number of rotatable bonds is 3. The van der Waals surface area contributed by atoms with E-state index < -0.39 is 17.6 Å². The van der Waals surface area contributed by atoms with Gasteiger partial charge >= 0.3 is 11.8 Å². The molecule has 0 heterocycles. The standard InChI is InChI=1S/C17H23FN2O3/c1-11-7-8-13(9-14(11)18)19-16(22)17(23)20-15-6-4-2-3-5-12(15)10-21/h7-9,12,15,21H,2-6,10H2,1H3,(H,19,22)(H,20,23). The van der Waals surface area contributed by atoms with Crippen LogP contribution in [0.1, 0.15) is 37.7 Å². The van der Waals surface area contributed by atoms with Crippen molar-refractivity contribution in [3.63, 3.8) is 0 Å². The number of benzene rings is 1. The van der Waals surface area contributed by atoms with Gasteiger partial charge in [0.05, 0.1) is 0 Å². The first-order valence-corrected chi connectivity index (χ1v) is 8.00. The van der Waals surface area contributed by atoms with Gasteiger partial charge in [-0.2, -0.15) is 0 Å². The summed E-state index contributed by atoms with van der Waals surface area (Å²) >= 11 is 0. The van der Waals surface area contributed by atoms with Gasteiger partial charge in [0.1, 0.15) is 5.82 Å². The van der Waals surface area contributed by atoms with E-state index in [2.05, 4.69) is 10.6 Å². The molecule has 5 nitrogen and oxygen atoms in total. The molecule has 1 aromatic carbocycles. The van der Waals surface area contributed by atoms with Gasteiger partial charge in [-0.25, -0.2) is 4.39 Å². The van der Waals surface area contributed by atoms with Crippen LogP contribution in [0.25, 0.3) is 0 Å². The molecule has 2 atom stereocenters. The Morgan fingerprint density at radius 3 is 2.65 bits per heavy atom. The van der Waals surface area contributed by atoms with Crippen molar-refractivity contribution in [2.24, 2.45) is 5.92 Å². The molecule has 0 aliphatic heterocycles. The zero-order valence-corrected chi connectivity index (χ0v) is 13.3. The Hall–Kier alpha value is -1.95. The third-order valence-corrected chi connectivity index (χ3v) is 4.35. The molecule has 1 aliphatic rings. The molecule has 0 bridgehead atoms. The Morgan fingerprint density at radius 2 is 1.96 bits per heavy atom. The summed E-state index contributed by atoms with van der Waals surface area (Å²) in [6, 6.07) is 4.07. The van der Waals surface area contributed by atoms with E-state index in [0.717, 1.165) is 32.1 Å². The normalized spacial score (nSPS) is 21.3. The highest BCUT2D eigenvalue weighted by Crippen LogP contribution is 2.23. The molecule has 6 heteroatoms. The Balaban J connectivity index is 1.95. The largest absolute Gasteiger partial charge is 0.396 e. The van der Waals surface area contributed by atoms with Crippen molar-refractivity contribution in [2.75, 3.05) is 11.9 Å². The SMILES string of the molecule is Cc1ccc(NC(=O)C(=O)NC2CCCCCC2CO)cc1F. The highest BCUT2D eigenvalue weighted by molar-refractivity contribution is 6.39. The third kappa shape index (κ3) is 4.76. The second-order valence-corrected chi connectivity index (χ2v) is 6.08. The predicted molar refractivity (Wildman–Crippen MR) is 85.4 cm³/mol. The number of nitrogens with one attached hydrogen (secondary N) is 2. The Morgan fingerprint density at radius 1 is 1.22 bits per heavy atom. The Kier molecular flexibility index (Phi) is 6.10. The molecule has 3 N–H and O–H groups in total. The number of carbonyl (C=O) groups excluding carboxylic acids is 2. The van der Waals surface area contributed by atoms with Crippen molar-refractivity contribution in [3.05, 3.63) is 29.6 Å². The quantitative estimate of drug-likeness (QED) is 0.589. The molecule has 1 aromatic rings. The second-order valence-electron chi connectivity index (χ2n) is 6.08. The predicted octanol–water partition coefficient (Wildman–Crippen LogP) is 2.13. The number of halogens is 1. The zero-order valence-electron chi connectivity index (χ0n) is 13.3. The van der Waals surface area contributed by atoms with Gasteiger partial charge in [0.25, 0.3) is 0 Å². The summed E-state index contributed by atoms with van der Waals surface area (Å²) in [5.74, 6) is -2.04. The van der Waals surface area contributed by atoms with Crippen LogP contribution in [-0.2, 0) is 9.59 Å². The van der Waals surface area contributed by atoms with E-state index in [4.69, 9.17) is 0 Å². The van der Waals surface area contributed by atoms with E-state index in [1.165, 1.54) is 12.1 Å². The minimum absolute atomic E-state index is 0.00423. The van der Waals surface area contributed by atoms with E-state index in [1.807, 2.05) is 0 Å². The molecule has 0 spiro atoms. The van der Waals surface area contributed by atoms with Crippen molar-refractivity contribution in [2.45, 2.75) is 45.1 Å². The van der Waals surface area contributed by atoms with Crippen LogP contribution >= 0.6 is 0 Å². The fourth-order valence-electron chi connectivity index (χ4n) is 2.89. The van der Waals surface area contributed by atoms with Gasteiger partial charge in [-0.15, -0.1) is 0 Å². The van der Waals surface area contributed by atoms with Crippen molar-refractivity contribution in [1.29, 1.82) is 0 Å². The Labute approximate surface area is 135 Å². The first kappa shape index (κ1) is 17.4. The first-order chi connectivity index (χ1) is 11.0. The average molecular weight is 322 g/mol. The number of hydrogen-bond donors (Lipinski definition) is 3. The molecule has 0 radical (unpaired) electrons. The number of anilines is 1. The van der Waals surface area contributed by atoms with Gasteiger partial charge in [0, 0.05) is 24.3 Å². The van der Waals surface area contributed by atoms with Crippen LogP contribution in [0.2, 0.25) is 0 Å². The number of aryl methyl sites for hydroxylation is 1. The number of aliphatic hydroxyl groups is 1. The van der Waals surface area contributed by atoms with Gasteiger partial charge < -0.3 is 15.7 Å². The monoisotopic (exact) mass is 322 g/mol. The van der Waals surface area contributed by atoms with Gasteiger partial charge in [-0.1, -0.05) is 25.3 Å². The van der Waals surface area contributed by atoms with Crippen molar-refractivity contribution in [1.82, 2.24) is 5.32 Å². The molecule has 1 fully saturated rings. The van der Waals surface area contributed by atoms with E-state index in [-0.39, 0.29) is 24.3 Å². The highest BCUT2D eigenvalue weighted by atomic mass is 19.1. The lowest BCUT2D eigenvalue weighted by molar-refractivity contribution is -0.137. The smallest absolute Gasteiger partial charge is 0.313 e. The maximum Gasteiger partial charge on any atom is 0.313 e. The van der Waals surface area contributed by atoms with Crippen LogP contribution in [0.15, 0.2) is 18.2 Å². The minimum atomic E-state index is -0.825. The summed E-state index contributed by atoms with van der Waals surface area (Å²) in [6.07, 6.45) is 4.64. The third-order valence-electron chi connectivity index (χ3n) is 4.35. The molecule has 2 unspecified atom stereocenters. The molecule has 1 saturated carbocycles. The van der Waals surface area contributed by atoms with E-state index in [9.17, 15) is 19.1 Å². The molecule has 23 heavy (non-hydrogen) atoms. The first-order valence-electron chi connectivity index (χ1n) is 8.00. The highest BCUT2D eigenvalue weighted by Gasteiger charge is 2.26. The molecule has 2 rings (SSSR count). The number of aliphatic hydroxyl groups excluding tert-OH is 1. The van der Waals surface area contributed by atoms with Crippen molar-refractivity contribution in [3.8, 4) is 0 Å². The summed E-state index contributed by atoms with van der Waals surface area (Å²) in [7, 11) is 0. The number of hydrogen-bond acceptors (Lipinski definition) is 3. The number of amides is 2. The summed E-state index contributed by atoms with van der Waals surface area (Å²) in [6.45, 7) is 1.62. The van der Waals surface area contributed by atoms with E-state index >= 15 is 0 Å². The van der Waals surface area contributed by atoms with Crippen LogP contribution in [-0.4, -0.2) is 29.6 Å². The maximum atomic E-state index is 13.5. The summed E-state index contributed by atoms with van der Waals surface area (Å²) in [4.78, 5) is 24.0.